The number of ether oxygens (including phenoxy) is 1. The van der Waals surface area contributed by atoms with E-state index in [1.54, 1.807) is 6.92 Å². The summed E-state index contributed by atoms with van der Waals surface area (Å²) in [5.74, 6) is 0.801. The molecule has 1 aromatic rings. The Morgan fingerprint density at radius 2 is 2.00 bits per heavy atom. The topological polar surface area (TPSA) is 52.4 Å². The molecule has 1 unspecified atom stereocenters. The smallest absolute Gasteiger partial charge is 0.214 e. The maximum Gasteiger partial charge on any atom is 0.214 e. The Labute approximate surface area is 89.0 Å². The molecule has 1 rings (SSSR count). The lowest BCUT2D eigenvalue weighted by molar-refractivity contribution is -0.517. The Morgan fingerprint density at radius 3 is 2.47 bits per heavy atom. The summed E-state index contributed by atoms with van der Waals surface area (Å²) in [6.07, 6.45) is 0.458. The lowest BCUT2D eigenvalue weighted by atomic mass is 10.1. The zero-order chi connectivity index (χ0) is 11.3. The lowest BCUT2D eigenvalue weighted by Gasteiger charge is -2.06. The molecule has 1 aromatic carbocycles. The molecule has 0 fully saturated rings. The Morgan fingerprint density at radius 1 is 1.40 bits per heavy atom. The van der Waals surface area contributed by atoms with Crippen molar-refractivity contribution in [2.45, 2.75) is 26.3 Å². The first-order valence-electron chi connectivity index (χ1n) is 4.98. The third-order valence-corrected chi connectivity index (χ3v) is 2.13. The lowest BCUT2D eigenvalue weighted by Crippen LogP contribution is -2.17. The standard InChI is InChI=1S/C11H15NO3/c1-3-15-11-6-4-10(5-7-11)8-9(2)12(13)14/h4-7,9H,3,8H2,1-2H3. The first kappa shape index (κ1) is 11.5. The first-order valence-corrected chi connectivity index (χ1v) is 4.98. The van der Waals surface area contributed by atoms with Gasteiger partial charge in [0, 0.05) is 18.3 Å². The first-order chi connectivity index (χ1) is 7.13. The molecule has 1 atom stereocenters. The molecule has 15 heavy (non-hydrogen) atoms. The zero-order valence-corrected chi connectivity index (χ0v) is 8.97. The second-order valence-electron chi connectivity index (χ2n) is 3.42. The molecule has 0 saturated carbocycles. The average Bonchev–Trinajstić information content (AvgIpc) is 2.21. The molecule has 4 nitrogen and oxygen atoms in total. The van der Waals surface area contributed by atoms with Gasteiger partial charge in [-0.15, -0.1) is 0 Å². The van der Waals surface area contributed by atoms with Gasteiger partial charge >= 0.3 is 0 Å². The fraction of sp³-hybridized carbons (Fsp3) is 0.455. The summed E-state index contributed by atoms with van der Waals surface area (Å²) in [6.45, 7) is 4.16. The fourth-order valence-corrected chi connectivity index (χ4v) is 1.30. The predicted molar refractivity (Wildman–Crippen MR) is 57.8 cm³/mol. The van der Waals surface area contributed by atoms with Gasteiger partial charge in [-0.1, -0.05) is 12.1 Å². The van der Waals surface area contributed by atoms with Gasteiger partial charge in [-0.05, 0) is 24.6 Å². The number of rotatable bonds is 5. The van der Waals surface area contributed by atoms with E-state index in [9.17, 15) is 10.1 Å². The van der Waals surface area contributed by atoms with E-state index < -0.39 is 6.04 Å². The molecule has 4 heteroatoms. The van der Waals surface area contributed by atoms with Gasteiger partial charge in [0.1, 0.15) is 5.75 Å². The molecular formula is C11H15NO3. The van der Waals surface area contributed by atoms with Crippen molar-refractivity contribution in [1.29, 1.82) is 0 Å². The van der Waals surface area contributed by atoms with Crippen molar-refractivity contribution in [3.05, 3.63) is 39.9 Å². The van der Waals surface area contributed by atoms with Crippen LogP contribution in [0.5, 0.6) is 5.75 Å². The van der Waals surface area contributed by atoms with Crippen LogP contribution >= 0.6 is 0 Å². The van der Waals surface area contributed by atoms with E-state index >= 15 is 0 Å². The molecule has 82 valence electrons. The molecule has 0 amide bonds. The Hall–Kier alpha value is -1.58. The van der Waals surface area contributed by atoms with E-state index in [4.69, 9.17) is 4.74 Å². The number of nitrogens with zero attached hydrogens (tertiary/aromatic N) is 1. The van der Waals surface area contributed by atoms with E-state index in [-0.39, 0.29) is 4.92 Å². The summed E-state index contributed by atoms with van der Waals surface area (Å²) in [5.41, 5.74) is 0.961. The monoisotopic (exact) mass is 209 g/mol. The third-order valence-electron chi connectivity index (χ3n) is 2.13. The number of hydrogen-bond donors (Lipinski definition) is 0. The minimum Gasteiger partial charge on any atom is -0.494 e. The predicted octanol–water partition coefficient (Wildman–Crippen LogP) is 2.29. The highest BCUT2D eigenvalue weighted by Crippen LogP contribution is 2.13. The van der Waals surface area contributed by atoms with Gasteiger partial charge in [-0.2, -0.15) is 0 Å². The second kappa shape index (κ2) is 5.34. The third kappa shape index (κ3) is 3.58. The maximum atomic E-state index is 10.5. The molecule has 0 N–H and O–H groups in total. The van der Waals surface area contributed by atoms with Crippen LogP contribution < -0.4 is 4.74 Å². The number of nitro groups is 1. The zero-order valence-electron chi connectivity index (χ0n) is 8.97. The fourth-order valence-electron chi connectivity index (χ4n) is 1.30. The van der Waals surface area contributed by atoms with E-state index in [1.807, 2.05) is 31.2 Å². The molecule has 0 bridgehead atoms. The van der Waals surface area contributed by atoms with E-state index in [2.05, 4.69) is 0 Å². The van der Waals surface area contributed by atoms with Crippen molar-refractivity contribution in [3.63, 3.8) is 0 Å². The van der Waals surface area contributed by atoms with Gasteiger partial charge in [-0.25, -0.2) is 0 Å². The largest absolute Gasteiger partial charge is 0.494 e. The van der Waals surface area contributed by atoms with Crippen molar-refractivity contribution >= 4 is 0 Å². The summed E-state index contributed by atoms with van der Waals surface area (Å²) in [7, 11) is 0. The van der Waals surface area contributed by atoms with Crippen LogP contribution in [0.25, 0.3) is 0 Å². The SMILES string of the molecule is CCOc1ccc(CC(C)[N+](=O)[O-])cc1. The van der Waals surface area contributed by atoms with Crippen molar-refractivity contribution in [1.82, 2.24) is 0 Å². The van der Waals surface area contributed by atoms with E-state index in [1.165, 1.54) is 0 Å². The highest BCUT2D eigenvalue weighted by molar-refractivity contribution is 5.27. The van der Waals surface area contributed by atoms with Crippen LogP contribution in [0.1, 0.15) is 19.4 Å². The van der Waals surface area contributed by atoms with Crippen molar-refractivity contribution in [2.75, 3.05) is 6.61 Å². The maximum absolute atomic E-state index is 10.5. The molecule has 0 radical (unpaired) electrons. The van der Waals surface area contributed by atoms with Crippen LogP contribution in [0.15, 0.2) is 24.3 Å². The highest BCUT2D eigenvalue weighted by atomic mass is 16.6. The summed E-state index contributed by atoms with van der Waals surface area (Å²) >= 11 is 0. The van der Waals surface area contributed by atoms with Gasteiger partial charge in [0.05, 0.1) is 6.61 Å². The summed E-state index contributed by atoms with van der Waals surface area (Å²) in [6, 6.07) is 6.87. The van der Waals surface area contributed by atoms with Gasteiger partial charge in [0.15, 0.2) is 0 Å². The van der Waals surface area contributed by atoms with Gasteiger partial charge in [-0.3, -0.25) is 10.1 Å². The quantitative estimate of drug-likeness (QED) is 0.552. The summed E-state index contributed by atoms with van der Waals surface area (Å²) in [4.78, 5) is 10.2. The second-order valence-corrected chi connectivity index (χ2v) is 3.42. The van der Waals surface area contributed by atoms with Crippen molar-refractivity contribution < 1.29 is 9.66 Å². The van der Waals surface area contributed by atoms with Crippen LogP contribution in [-0.4, -0.2) is 17.6 Å². The van der Waals surface area contributed by atoms with E-state index in [0.717, 1.165) is 11.3 Å². The molecular weight excluding hydrogens is 194 g/mol. The Bertz CT molecular complexity index is 321. The summed E-state index contributed by atoms with van der Waals surface area (Å²) in [5, 5.41) is 10.5. The van der Waals surface area contributed by atoms with Crippen LogP contribution in [0, 0.1) is 10.1 Å². The normalized spacial score (nSPS) is 12.1. The summed E-state index contributed by atoms with van der Waals surface area (Å²) < 4.78 is 5.28. The van der Waals surface area contributed by atoms with Crippen LogP contribution in [-0.2, 0) is 6.42 Å². The minimum absolute atomic E-state index is 0.267. The molecule has 0 aliphatic carbocycles. The van der Waals surface area contributed by atoms with Crippen LogP contribution in [0.4, 0.5) is 0 Å². The van der Waals surface area contributed by atoms with Gasteiger partial charge < -0.3 is 4.74 Å². The van der Waals surface area contributed by atoms with Gasteiger partial charge in [0.2, 0.25) is 6.04 Å². The number of hydrogen-bond acceptors (Lipinski definition) is 3. The molecule has 0 heterocycles. The Balaban J connectivity index is 2.60. The van der Waals surface area contributed by atoms with Crippen LogP contribution in [0.2, 0.25) is 0 Å². The van der Waals surface area contributed by atoms with Crippen molar-refractivity contribution in [3.8, 4) is 5.75 Å². The molecule has 0 aliphatic heterocycles. The highest BCUT2D eigenvalue weighted by Gasteiger charge is 2.12. The van der Waals surface area contributed by atoms with E-state index in [0.29, 0.717) is 13.0 Å². The molecule has 0 saturated heterocycles. The minimum atomic E-state index is -0.539. The van der Waals surface area contributed by atoms with Crippen molar-refractivity contribution in [2.24, 2.45) is 0 Å². The van der Waals surface area contributed by atoms with Gasteiger partial charge in [0.25, 0.3) is 0 Å². The van der Waals surface area contributed by atoms with Crippen LogP contribution in [0.3, 0.4) is 0 Å². The Kier molecular flexibility index (Phi) is 4.09. The number of benzene rings is 1. The molecule has 0 spiro atoms. The molecule has 0 aliphatic rings. The average molecular weight is 209 g/mol. The molecule has 0 aromatic heterocycles.